The summed E-state index contributed by atoms with van der Waals surface area (Å²) in [5, 5.41) is 8.51. The van der Waals surface area contributed by atoms with Crippen molar-refractivity contribution in [2.24, 2.45) is 0 Å². The number of hydrogen-bond acceptors (Lipinski definition) is 5. The van der Waals surface area contributed by atoms with Crippen molar-refractivity contribution in [3.05, 3.63) is 72.3 Å². The molecule has 1 aliphatic rings. The summed E-state index contributed by atoms with van der Waals surface area (Å²) in [6, 6.07) is 16.9. The Hall–Kier alpha value is -2.98. The van der Waals surface area contributed by atoms with Gasteiger partial charge in [0.1, 0.15) is 0 Å². The zero-order valence-corrected chi connectivity index (χ0v) is 17.1. The van der Waals surface area contributed by atoms with E-state index in [1.54, 1.807) is 0 Å². The molecule has 0 N–H and O–H groups in total. The van der Waals surface area contributed by atoms with E-state index < -0.39 is 21.8 Å². The van der Waals surface area contributed by atoms with Crippen LogP contribution in [0.4, 0.5) is 19.0 Å². The highest BCUT2D eigenvalue weighted by Crippen LogP contribution is 2.30. The number of anilines is 1. The van der Waals surface area contributed by atoms with Crippen LogP contribution >= 0.6 is 0 Å². The number of piperazine rings is 1. The Morgan fingerprint density at radius 1 is 0.774 bits per heavy atom. The van der Waals surface area contributed by atoms with Crippen molar-refractivity contribution in [1.29, 1.82) is 0 Å². The second-order valence-electron chi connectivity index (χ2n) is 7.06. The van der Waals surface area contributed by atoms with Crippen LogP contribution in [0.2, 0.25) is 0 Å². The first-order valence-electron chi connectivity index (χ1n) is 9.57. The van der Waals surface area contributed by atoms with Crippen molar-refractivity contribution in [3.63, 3.8) is 0 Å². The first kappa shape index (κ1) is 21.3. The van der Waals surface area contributed by atoms with Crippen LogP contribution in [0, 0.1) is 0 Å². The molecule has 1 aromatic heterocycles. The number of alkyl halides is 3. The van der Waals surface area contributed by atoms with E-state index in [0.29, 0.717) is 18.9 Å². The molecule has 31 heavy (non-hydrogen) atoms. The quantitative estimate of drug-likeness (QED) is 0.609. The highest BCUT2D eigenvalue weighted by atomic mass is 32.2. The maximum absolute atomic E-state index is 12.8. The van der Waals surface area contributed by atoms with Gasteiger partial charge >= 0.3 is 6.18 Å². The lowest BCUT2D eigenvalue weighted by molar-refractivity contribution is -0.137. The van der Waals surface area contributed by atoms with Gasteiger partial charge in [-0.15, -0.1) is 10.2 Å². The van der Waals surface area contributed by atoms with Gasteiger partial charge in [-0.3, -0.25) is 0 Å². The molecule has 0 unspecified atom stereocenters. The van der Waals surface area contributed by atoms with E-state index in [-0.39, 0.29) is 18.0 Å². The van der Waals surface area contributed by atoms with Crippen LogP contribution in [-0.4, -0.2) is 49.1 Å². The second-order valence-corrected chi connectivity index (χ2v) is 8.99. The third-order valence-electron chi connectivity index (χ3n) is 5.10. The third-order valence-corrected chi connectivity index (χ3v) is 7.01. The van der Waals surface area contributed by atoms with Gasteiger partial charge < -0.3 is 4.90 Å². The van der Waals surface area contributed by atoms with Gasteiger partial charge in [-0.05, 0) is 36.4 Å². The summed E-state index contributed by atoms with van der Waals surface area (Å²) in [6.07, 6.45) is -4.51. The molecule has 4 rings (SSSR count). The van der Waals surface area contributed by atoms with E-state index in [2.05, 4.69) is 10.2 Å². The van der Waals surface area contributed by atoms with Gasteiger partial charge in [-0.25, -0.2) is 8.42 Å². The summed E-state index contributed by atoms with van der Waals surface area (Å²) in [4.78, 5) is 1.78. The van der Waals surface area contributed by atoms with Crippen molar-refractivity contribution in [1.82, 2.24) is 14.5 Å². The van der Waals surface area contributed by atoms with Crippen molar-refractivity contribution in [2.45, 2.75) is 11.1 Å². The fourth-order valence-corrected chi connectivity index (χ4v) is 4.80. The van der Waals surface area contributed by atoms with Crippen LogP contribution < -0.4 is 4.90 Å². The zero-order valence-electron chi connectivity index (χ0n) is 16.3. The van der Waals surface area contributed by atoms with Crippen LogP contribution in [0.15, 0.2) is 71.6 Å². The number of rotatable bonds is 4. The molecule has 0 radical (unpaired) electrons. The molecule has 0 amide bonds. The van der Waals surface area contributed by atoms with E-state index in [0.717, 1.165) is 35.5 Å². The summed E-state index contributed by atoms with van der Waals surface area (Å²) in [6.45, 7) is 1.20. The van der Waals surface area contributed by atoms with Gasteiger partial charge in [0, 0.05) is 31.7 Å². The van der Waals surface area contributed by atoms with E-state index in [1.165, 1.54) is 4.31 Å². The van der Waals surface area contributed by atoms with Gasteiger partial charge in [0.2, 0.25) is 10.0 Å². The molecule has 0 spiro atoms. The fourth-order valence-electron chi connectivity index (χ4n) is 3.38. The average molecular weight is 448 g/mol. The van der Waals surface area contributed by atoms with Gasteiger partial charge in [-0.2, -0.15) is 17.5 Å². The number of benzene rings is 2. The molecule has 10 heteroatoms. The highest BCUT2D eigenvalue weighted by Gasteiger charge is 2.32. The molecule has 0 atom stereocenters. The van der Waals surface area contributed by atoms with Crippen molar-refractivity contribution in [2.75, 3.05) is 31.1 Å². The van der Waals surface area contributed by atoms with E-state index in [1.807, 2.05) is 47.4 Å². The minimum Gasteiger partial charge on any atom is -0.352 e. The average Bonchev–Trinajstić information content (AvgIpc) is 2.79. The summed E-state index contributed by atoms with van der Waals surface area (Å²) in [5.41, 5.74) is 0.815. The maximum atomic E-state index is 12.8. The Kier molecular flexibility index (Phi) is 5.67. The van der Waals surface area contributed by atoms with E-state index in [9.17, 15) is 21.6 Å². The van der Waals surface area contributed by atoms with Gasteiger partial charge in [-0.1, -0.05) is 30.3 Å². The standard InChI is InChI=1S/C21H19F3N4O2S/c22-21(23,24)17-6-8-18(9-7-17)31(29,30)28-14-12-27(13-15-28)20-11-10-19(25-26-20)16-4-2-1-3-5-16/h1-11H,12-15H2. The Balaban J connectivity index is 1.42. The monoisotopic (exact) mass is 448 g/mol. The zero-order chi connectivity index (χ0) is 22.1. The first-order valence-corrected chi connectivity index (χ1v) is 11.0. The van der Waals surface area contributed by atoms with Crippen LogP contribution in [0.1, 0.15) is 5.56 Å². The molecule has 0 bridgehead atoms. The lowest BCUT2D eigenvalue weighted by Gasteiger charge is -2.34. The molecule has 0 saturated carbocycles. The normalized spacial score (nSPS) is 15.8. The molecular weight excluding hydrogens is 429 g/mol. The molecule has 2 aromatic carbocycles. The summed E-state index contributed by atoms with van der Waals surface area (Å²) < 4.78 is 65.0. The Bertz CT molecular complexity index is 1130. The van der Waals surface area contributed by atoms with Crippen molar-refractivity contribution >= 4 is 15.8 Å². The Labute approximate surface area is 178 Å². The van der Waals surface area contributed by atoms with Gasteiger partial charge in [0.05, 0.1) is 16.2 Å². The molecule has 1 saturated heterocycles. The number of sulfonamides is 1. The van der Waals surface area contributed by atoms with Gasteiger partial charge in [0.15, 0.2) is 5.82 Å². The van der Waals surface area contributed by atoms with Crippen LogP contribution in [0.5, 0.6) is 0 Å². The molecule has 1 fully saturated rings. The largest absolute Gasteiger partial charge is 0.416 e. The minimum absolute atomic E-state index is 0.152. The SMILES string of the molecule is O=S(=O)(c1ccc(C(F)(F)F)cc1)N1CCN(c2ccc(-c3ccccc3)nn2)CC1. The third kappa shape index (κ3) is 4.54. The molecule has 2 heterocycles. The molecule has 6 nitrogen and oxygen atoms in total. The van der Waals surface area contributed by atoms with Gasteiger partial charge in [0.25, 0.3) is 0 Å². The lowest BCUT2D eigenvalue weighted by atomic mass is 10.1. The van der Waals surface area contributed by atoms with Crippen LogP contribution in [0.25, 0.3) is 11.3 Å². The Morgan fingerprint density at radius 3 is 1.97 bits per heavy atom. The lowest BCUT2D eigenvalue weighted by Crippen LogP contribution is -2.49. The highest BCUT2D eigenvalue weighted by molar-refractivity contribution is 7.89. The molecule has 162 valence electrons. The summed E-state index contributed by atoms with van der Waals surface area (Å²) in [7, 11) is -3.87. The Morgan fingerprint density at radius 2 is 1.42 bits per heavy atom. The number of hydrogen-bond donors (Lipinski definition) is 0. The minimum atomic E-state index is -4.51. The summed E-state index contributed by atoms with van der Waals surface area (Å²) in [5.74, 6) is 0.645. The van der Waals surface area contributed by atoms with Crippen LogP contribution in [0.3, 0.4) is 0 Å². The first-order chi connectivity index (χ1) is 14.7. The van der Waals surface area contributed by atoms with E-state index in [4.69, 9.17) is 0 Å². The molecule has 3 aromatic rings. The maximum Gasteiger partial charge on any atom is 0.416 e. The van der Waals surface area contributed by atoms with E-state index >= 15 is 0 Å². The number of halogens is 3. The van der Waals surface area contributed by atoms with Crippen molar-refractivity contribution in [3.8, 4) is 11.3 Å². The smallest absolute Gasteiger partial charge is 0.352 e. The molecule has 1 aliphatic heterocycles. The predicted molar refractivity (Wildman–Crippen MR) is 110 cm³/mol. The van der Waals surface area contributed by atoms with Crippen LogP contribution in [-0.2, 0) is 16.2 Å². The fraction of sp³-hybridized carbons (Fsp3) is 0.238. The number of aromatic nitrogens is 2. The molecular formula is C21H19F3N4O2S. The topological polar surface area (TPSA) is 66.4 Å². The number of nitrogens with zero attached hydrogens (tertiary/aromatic N) is 4. The second kappa shape index (κ2) is 8.27. The van der Waals surface area contributed by atoms with Crippen molar-refractivity contribution < 1.29 is 21.6 Å². The molecule has 0 aliphatic carbocycles. The predicted octanol–water partition coefficient (Wildman–Crippen LogP) is 3.67. The summed E-state index contributed by atoms with van der Waals surface area (Å²) >= 11 is 0.